The van der Waals surface area contributed by atoms with E-state index in [0.29, 0.717) is 17.9 Å². The number of fused-ring (bicyclic) bond motifs is 1. The average molecular weight is 325 g/mol. The van der Waals surface area contributed by atoms with Crippen molar-refractivity contribution < 1.29 is 9.53 Å². The minimum absolute atomic E-state index is 0.538. The van der Waals surface area contributed by atoms with Gasteiger partial charge in [-0.1, -0.05) is 0 Å². The molecule has 0 radical (unpaired) electrons. The molecule has 5 nitrogen and oxygen atoms in total. The smallest absolute Gasteiger partial charge is 0.153 e. The van der Waals surface area contributed by atoms with E-state index < -0.39 is 0 Å². The van der Waals surface area contributed by atoms with Gasteiger partial charge in [-0.2, -0.15) is 0 Å². The van der Waals surface area contributed by atoms with Gasteiger partial charge in [-0.25, -0.2) is 0 Å². The average Bonchev–Trinajstić information content (AvgIpc) is 2.84. The molecule has 1 aromatic heterocycles. The number of aldehydes is 1. The van der Waals surface area contributed by atoms with Crippen LogP contribution in [0.5, 0.6) is 5.75 Å². The molecule has 5 heteroatoms. The minimum Gasteiger partial charge on any atom is -0.493 e. The monoisotopic (exact) mass is 325 g/mol. The van der Waals surface area contributed by atoms with Crippen molar-refractivity contribution in [3.8, 4) is 11.4 Å². The van der Waals surface area contributed by atoms with Crippen LogP contribution in [0.3, 0.4) is 0 Å². The Bertz CT molecular complexity index is 834. The Balaban J connectivity index is 2.20. The van der Waals surface area contributed by atoms with Crippen LogP contribution < -0.4 is 15.2 Å². The first-order valence-electron chi connectivity index (χ1n) is 8.10. The molecule has 0 unspecified atom stereocenters. The molecule has 1 N–H and O–H groups in total. The van der Waals surface area contributed by atoms with Gasteiger partial charge in [0.1, 0.15) is 5.75 Å². The van der Waals surface area contributed by atoms with Crippen molar-refractivity contribution in [1.82, 2.24) is 9.99 Å². The van der Waals surface area contributed by atoms with Crippen molar-refractivity contribution >= 4 is 17.5 Å². The highest BCUT2D eigenvalue weighted by Gasteiger charge is 2.25. The van der Waals surface area contributed by atoms with E-state index in [9.17, 15) is 4.79 Å². The predicted molar refractivity (Wildman–Crippen MR) is 97.0 cm³/mol. The number of hydrogen-bond acceptors (Lipinski definition) is 4. The second kappa shape index (κ2) is 6.07. The van der Waals surface area contributed by atoms with Gasteiger partial charge in [0.15, 0.2) is 6.29 Å². The lowest BCUT2D eigenvalue weighted by Gasteiger charge is -2.25. The van der Waals surface area contributed by atoms with Crippen LogP contribution in [0.25, 0.3) is 11.3 Å². The molecule has 1 aromatic carbocycles. The molecule has 0 bridgehead atoms. The summed E-state index contributed by atoms with van der Waals surface area (Å²) in [6, 6.07) is 5.75. The summed E-state index contributed by atoms with van der Waals surface area (Å²) in [5.41, 5.74) is 10.7. The highest BCUT2D eigenvalue weighted by molar-refractivity contribution is 5.84. The van der Waals surface area contributed by atoms with Gasteiger partial charge in [-0.3, -0.25) is 9.80 Å². The number of hydrazine groups is 1. The fourth-order valence-electron chi connectivity index (χ4n) is 3.48. The number of aromatic nitrogens is 1. The number of hydrogen-bond donors (Lipinski definition) is 1. The molecule has 2 aromatic rings. The molecule has 0 saturated heterocycles. The van der Waals surface area contributed by atoms with Crippen molar-refractivity contribution in [3.05, 3.63) is 46.9 Å². The van der Waals surface area contributed by atoms with Crippen molar-refractivity contribution in [2.45, 2.75) is 27.7 Å². The van der Waals surface area contributed by atoms with E-state index in [0.717, 1.165) is 29.0 Å². The Labute approximate surface area is 142 Å². The van der Waals surface area contributed by atoms with Crippen LogP contribution in [-0.4, -0.2) is 24.5 Å². The molecular weight excluding hydrogens is 302 g/mol. The number of anilines is 1. The summed E-state index contributed by atoms with van der Waals surface area (Å²) >= 11 is 0. The highest BCUT2D eigenvalue weighted by atomic mass is 16.5. The molecule has 2 heterocycles. The summed E-state index contributed by atoms with van der Waals surface area (Å²) in [5.74, 6) is 0.623. The fourth-order valence-corrected chi connectivity index (χ4v) is 3.48. The maximum absolute atomic E-state index is 11.4. The van der Waals surface area contributed by atoms with Gasteiger partial charge in [0.05, 0.1) is 17.9 Å². The van der Waals surface area contributed by atoms with Crippen molar-refractivity contribution in [2.75, 3.05) is 18.7 Å². The molecule has 24 heavy (non-hydrogen) atoms. The number of nitrogens with zero attached hydrogens (tertiary/aromatic N) is 2. The molecular formula is C19H23N3O2. The van der Waals surface area contributed by atoms with E-state index in [4.69, 9.17) is 4.74 Å². The van der Waals surface area contributed by atoms with Crippen LogP contribution in [0, 0.1) is 13.8 Å². The van der Waals surface area contributed by atoms with Gasteiger partial charge in [0, 0.05) is 35.9 Å². The summed E-state index contributed by atoms with van der Waals surface area (Å²) in [4.78, 5) is 11.4. The number of benzene rings is 1. The lowest BCUT2D eigenvalue weighted by Crippen LogP contribution is -2.33. The number of ether oxygens (including phenoxy) is 1. The Morgan fingerprint density at radius 3 is 2.58 bits per heavy atom. The summed E-state index contributed by atoms with van der Waals surface area (Å²) in [7, 11) is 2.01. The SMILES string of the molecule is CCOc1ccc(-n2c(C)c3c(c2C)N(C)NC=C3C)cc1C=O. The van der Waals surface area contributed by atoms with Crippen molar-refractivity contribution in [3.63, 3.8) is 0 Å². The molecule has 0 spiro atoms. The normalized spacial score (nSPS) is 13.2. The summed E-state index contributed by atoms with van der Waals surface area (Å²) < 4.78 is 7.72. The van der Waals surface area contributed by atoms with Crippen molar-refractivity contribution in [1.29, 1.82) is 0 Å². The lowest BCUT2D eigenvalue weighted by atomic mass is 10.1. The van der Waals surface area contributed by atoms with Gasteiger partial charge in [0.2, 0.25) is 0 Å². The Kier molecular flexibility index (Phi) is 4.09. The molecule has 3 rings (SSSR count). The third-order valence-electron chi connectivity index (χ3n) is 4.49. The topological polar surface area (TPSA) is 46.5 Å². The largest absolute Gasteiger partial charge is 0.493 e. The molecule has 0 amide bonds. The number of carbonyl (C=O) groups is 1. The van der Waals surface area contributed by atoms with Gasteiger partial charge in [-0.05, 0) is 51.5 Å². The van der Waals surface area contributed by atoms with Crippen LogP contribution in [-0.2, 0) is 0 Å². The first-order chi connectivity index (χ1) is 11.5. The van der Waals surface area contributed by atoms with Crippen molar-refractivity contribution in [2.24, 2.45) is 0 Å². The van der Waals surface area contributed by atoms with E-state index >= 15 is 0 Å². The lowest BCUT2D eigenvalue weighted by molar-refractivity contribution is 0.112. The van der Waals surface area contributed by atoms with E-state index in [-0.39, 0.29) is 0 Å². The molecule has 0 aliphatic carbocycles. The van der Waals surface area contributed by atoms with Crippen LogP contribution >= 0.6 is 0 Å². The molecule has 0 saturated carbocycles. The quantitative estimate of drug-likeness (QED) is 0.872. The third kappa shape index (κ3) is 2.37. The summed E-state index contributed by atoms with van der Waals surface area (Å²) in [6.45, 7) is 8.76. The number of carbonyl (C=O) groups excluding carboxylic acids is 1. The first-order valence-corrected chi connectivity index (χ1v) is 8.10. The maximum atomic E-state index is 11.4. The summed E-state index contributed by atoms with van der Waals surface area (Å²) in [5, 5.41) is 2.02. The highest BCUT2D eigenvalue weighted by Crippen LogP contribution is 2.38. The predicted octanol–water partition coefficient (Wildman–Crippen LogP) is 3.62. The van der Waals surface area contributed by atoms with Gasteiger partial charge < -0.3 is 14.7 Å². The Hall–Kier alpha value is -2.69. The first kappa shape index (κ1) is 16.2. The minimum atomic E-state index is 0.538. The van der Waals surface area contributed by atoms with Crippen LogP contribution in [0.15, 0.2) is 24.4 Å². The van der Waals surface area contributed by atoms with E-state index in [1.165, 1.54) is 11.1 Å². The standard InChI is InChI=1S/C19H23N3O2/c1-6-24-17-8-7-16(9-15(17)11-23)22-13(3)18-12(2)10-20-21(5)19(18)14(22)4/h7-11,20H,6H2,1-5H3. The molecule has 126 valence electrons. The van der Waals surface area contributed by atoms with Gasteiger partial charge >= 0.3 is 0 Å². The van der Waals surface area contributed by atoms with Crippen LogP contribution in [0.2, 0.25) is 0 Å². The second-order valence-corrected chi connectivity index (χ2v) is 6.02. The third-order valence-corrected chi connectivity index (χ3v) is 4.49. The molecule has 1 aliphatic heterocycles. The molecule has 1 aliphatic rings. The molecule has 0 atom stereocenters. The van der Waals surface area contributed by atoms with E-state index in [2.05, 4.69) is 30.8 Å². The Morgan fingerprint density at radius 2 is 1.96 bits per heavy atom. The van der Waals surface area contributed by atoms with Gasteiger partial charge in [0.25, 0.3) is 0 Å². The van der Waals surface area contributed by atoms with Crippen LogP contribution in [0.1, 0.15) is 41.2 Å². The number of nitrogens with one attached hydrogen (secondary N) is 1. The number of rotatable bonds is 4. The van der Waals surface area contributed by atoms with Crippen LogP contribution in [0.4, 0.5) is 5.69 Å². The Morgan fingerprint density at radius 1 is 1.21 bits per heavy atom. The zero-order valence-electron chi connectivity index (χ0n) is 14.8. The van der Waals surface area contributed by atoms with E-state index in [1.54, 1.807) is 0 Å². The second-order valence-electron chi connectivity index (χ2n) is 6.02. The fraction of sp³-hybridized carbons (Fsp3) is 0.316. The molecule has 0 fully saturated rings. The van der Waals surface area contributed by atoms with E-state index in [1.807, 2.05) is 43.4 Å². The zero-order chi connectivity index (χ0) is 17.4. The zero-order valence-corrected chi connectivity index (χ0v) is 14.8. The van der Waals surface area contributed by atoms with Gasteiger partial charge in [-0.15, -0.1) is 0 Å². The summed E-state index contributed by atoms with van der Waals surface area (Å²) in [6.07, 6.45) is 2.86. The maximum Gasteiger partial charge on any atom is 0.153 e. The number of allylic oxidation sites excluding steroid dienone is 1.